The van der Waals surface area contributed by atoms with Crippen molar-refractivity contribution in [3.63, 3.8) is 0 Å². The molecule has 1 heterocycles. The molecule has 0 unspecified atom stereocenters. The second-order valence-corrected chi connectivity index (χ2v) is 6.31. The van der Waals surface area contributed by atoms with Gasteiger partial charge in [-0.15, -0.1) is 12.4 Å². The minimum absolute atomic E-state index is 0. The summed E-state index contributed by atoms with van der Waals surface area (Å²) in [5.41, 5.74) is 0. The van der Waals surface area contributed by atoms with Crippen LogP contribution in [0.4, 0.5) is 0 Å². The number of amides is 1. The number of hydrogen-bond acceptors (Lipinski definition) is 3. The largest absolute Gasteiger partial charge is 0.341 e. The van der Waals surface area contributed by atoms with E-state index in [1.54, 1.807) is 0 Å². The summed E-state index contributed by atoms with van der Waals surface area (Å²) in [6, 6.07) is 0.536. The van der Waals surface area contributed by atoms with Crippen molar-refractivity contribution >= 4 is 18.3 Å². The monoisotopic (exact) mass is 291 g/mol. The Balaban J connectivity index is 0.00000324. The molecule has 0 aliphatic carbocycles. The summed E-state index contributed by atoms with van der Waals surface area (Å²) in [5, 5.41) is 3.24. The van der Waals surface area contributed by atoms with E-state index < -0.39 is 0 Å². The third-order valence-corrected chi connectivity index (χ3v) is 3.29. The lowest BCUT2D eigenvalue weighted by molar-refractivity contribution is -0.133. The van der Waals surface area contributed by atoms with Crippen LogP contribution in [-0.4, -0.2) is 61.5 Å². The van der Waals surface area contributed by atoms with Crippen molar-refractivity contribution < 1.29 is 4.79 Å². The third-order valence-electron chi connectivity index (χ3n) is 3.29. The molecule has 0 aromatic heterocycles. The molecule has 0 aromatic carbocycles. The first-order chi connectivity index (χ1) is 8.40. The van der Waals surface area contributed by atoms with Crippen LogP contribution in [0.5, 0.6) is 0 Å². The van der Waals surface area contributed by atoms with Crippen molar-refractivity contribution in [1.82, 2.24) is 15.1 Å². The van der Waals surface area contributed by atoms with Crippen molar-refractivity contribution in [2.45, 2.75) is 33.7 Å². The number of carbonyl (C=O) groups is 1. The number of nitrogens with one attached hydrogen (secondary N) is 1. The van der Waals surface area contributed by atoms with Gasteiger partial charge in [0, 0.05) is 32.2 Å². The Bertz CT molecular complexity index is 257. The van der Waals surface area contributed by atoms with Gasteiger partial charge in [0.05, 0.1) is 6.54 Å². The summed E-state index contributed by atoms with van der Waals surface area (Å²) in [7, 11) is 2.05. The number of rotatable bonds is 7. The van der Waals surface area contributed by atoms with Gasteiger partial charge < -0.3 is 10.2 Å². The van der Waals surface area contributed by atoms with Gasteiger partial charge in [-0.05, 0) is 18.9 Å². The maximum absolute atomic E-state index is 12.3. The molecule has 1 fully saturated rings. The lowest BCUT2D eigenvalue weighted by Crippen LogP contribution is -2.58. The normalized spacial score (nSPS) is 15.6. The molecule has 19 heavy (non-hydrogen) atoms. The predicted octanol–water partition coefficient (Wildman–Crippen LogP) is 1.45. The van der Waals surface area contributed by atoms with Crippen LogP contribution in [-0.2, 0) is 4.79 Å². The van der Waals surface area contributed by atoms with Crippen LogP contribution in [0.3, 0.4) is 0 Å². The van der Waals surface area contributed by atoms with Gasteiger partial charge in [0.2, 0.25) is 5.91 Å². The quantitative estimate of drug-likeness (QED) is 0.771. The molecule has 1 aliphatic heterocycles. The van der Waals surface area contributed by atoms with Gasteiger partial charge in [-0.3, -0.25) is 9.69 Å². The summed E-state index contributed by atoms with van der Waals surface area (Å²) in [6.07, 6.45) is 0. The Morgan fingerprint density at radius 1 is 1.16 bits per heavy atom. The first kappa shape index (κ1) is 18.7. The van der Waals surface area contributed by atoms with Gasteiger partial charge in [0.25, 0.3) is 0 Å². The van der Waals surface area contributed by atoms with E-state index in [0.717, 1.165) is 26.2 Å². The van der Waals surface area contributed by atoms with Gasteiger partial charge in [0.15, 0.2) is 0 Å². The zero-order valence-electron chi connectivity index (χ0n) is 13.0. The minimum atomic E-state index is 0. The van der Waals surface area contributed by atoms with Crippen LogP contribution in [0.2, 0.25) is 0 Å². The van der Waals surface area contributed by atoms with Crippen molar-refractivity contribution in [2.75, 3.05) is 39.8 Å². The molecule has 114 valence electrons. The summed E-state index contributed by atoms with van der Waals surface area (Å²) in [5.74, 6) is 1.33. The third kappa shape index (κ3) is 6.59. The fourth-order valence-corrected chi connectivity index (χ4v) is 2.19. The molecule has 1 N–H and O–H groups in total. The molecule has 0 aromatic rings. The Morgan fingerprint density at radius 2 is 1.63 bits per heavy atom. The molecule has 0 saturated carbocycles. The smallest absolute Gasteiger partial charge is 0.236 e. The number of likely N-dealkylation sites (N-methyl/N-ethyl adjacent to an activating group) is 1. The van der Waals surface area contributed by atoms with Crippen LogP contribution in [0.1, 0.15) is 27.7 Å². The van der Waals surface area contributed by atoms with Crippen molar-refractivity contribution in [1.29, 1.82) is 0 Å². The average Bonchev–Trinajstić information content (AvgIpc) is 2.11. The summed E-state index contributed by atoms with van der Waals surface area (Å²) < 4.78 is 0. The lowest BCUT2D eigenvalue weighted by Gasteiger charge is -2.36. The van der Waals surface area contributed by atoms with Gasteiger partial charge in [0.1, 0.15) is 0 Å². The second-order valence-electron chi connectivity index (χ2n) is 6.31. The predicted molar refractivity (Wildman–Crippen MR) is 82.8 cm³/mol. The Hall–Kier alpha value is -0.320. The van der Waals surface area contributed by atoms with E-state index in [1.807, 2.05) is 11.9 Å². The molecule has 4 nitrogen and oxygen atoms in total. The minimum Gasteiger partial charge on any atom is -0.341 e. The molecule has 0 bridgehead atoms. The van der Waals surface area contributed by atoms with Crippen LogP contribution in [0.25, 0.3) is 0 Å². The Morgan fingerprint density at radius 3 is 1.95 bits per heavy atom. The molecular formula is C14H30ClN3O. The first-order valence-electron chi connectivity index (χ1n) is 7.08. The molecule has 0 spiro atoms. The number of hydrogen-bond donors (Lipinski definition) is 1. The standard InChI is InChI=1S/C14H29N3O.ClH/c1-11(2)8-17(9-12(3)4)14(18)10-16(5)13-6-15-7-13;/h11-13,15H,6-10H2,1-5H3;1H. The number of halogens is 1. The number of nitrogens with zero attached hydrogens (tertiary/aromatic N) is 2. The van der Waals surface area contributed by atoms with Crippen LogP contribution in [0, 0.1) is 11.8 Å². The molecule has 1 rings (SSSR count). The fourth-order valence-electron chi connectivity index (χ4n) is 2.19. The highest BCUT2D eigenvalue weighted by Crippen LogP contribution is 2.07. The summed E-state index contributed by atoms with van der Waals surface area (Å²) in [4.78, 5) is 16.5. The van der Waals surface area contributed by atoms with Gasteiger partial charge in [-0.2, -0.15) is 0 Å². The van der Waals surface area contributed by atoms with E-state index >= 15 is 0 Å². The van der Waals surface area contributed by atoms with Gasteiger partial charge >= 0.3 is 0 Å². The molecule has 1 saturated heterocycles. The highest BCUT2D eigenvalue weighted by Gasteiger charge is 2.25. The van der Waals surface area contributed by atoms with Crippen LogP contribution in [0.15, 0.2) is 0 Å². The van der Waals surface area contributed by atoms with Crippen molar-refractivity contribution in [3.8, 4) is 0 Å². The second kappa shape index (κ2) is 8.77. The van der Waals surface area contributed by atoms with Gasteiger partial charge in [-0.25, -0.2) is 0 Å². The highest BCUT2D eigenvalue weighted by atomic mass is 35.5. The molecule has 0 radical (unpaired) electrons. The van der Waals surface area contributed by atoms with Crippen LogP contribution < -0.4 is 5.32 Å². The fraction of sp³-hybridized carbons (Fsp3) is 0.929. The van der Waals surface area contributed by atoms with Crippen molar-refractivity contribution in [2.24, 2.45) is 11.8 Å². The van der Waals surface area contributed by atoms with Crippen LogP contribution >= 0.6 is 12.4 Å². The van der Waals surface area contributed by atoms with E-state index in [2.05, 4.69) is 37.9 Å². The molecule has 1 aliphatic rings. The van der Waals surface area contributed by atoms with E-state index in [4.69, 9.17) is 0 Å². The maximum Gasteiger partial charge on any atom is 0.236 e. The lowest BCUT2D eigenvalue weighted by atomic mass is 10.1. The molecule has 5 heteroatoms. The maximum atomic E-state index is 12.3. The number of carbonyl (C=O) groups excluding carboxylic acids is 1. The Labute approximate surface area is 124 Å². The summed E-state index contributed by atoms with van der Waals surface area (Å²) >= 11 is 0. The van der Waals surface area contributed by atoms with E-state index in [0.29, 0.717) is 24.4 Å². The van der Waals surface area contributed by atoms with Crippen molar-refractivity contribution in [3.05, 3.63) is 0 Å². The summed E-state index contributed by atoms with van der Waals surface area (Å²) in [6.45, 7) is 13.0. The zero-order chi connectivity index (χ0) is 13.7. The van der Waals surface area contributed by atoms with E-state index in [-0.39, 0.29) is 18.3 Å². The van der Waals surface area contributed by atoms with E-state index in [1.165, 1.54) is 0 Å². The topological polar surface area (TPSA) is 35.6 Å². The SMILES string of the molecule is CC(C)CN(CC(C)C)C(=O)CN(C)C1CNC1.Cl. The molecule has 1 amide bonds. The Kier molecular flexibility index (Phi) is 8.62. The van der Waals surface area contributed by atoms with Gasteiger partial charge in [-0.1, -0.05) is 27.7 Å². The molecule has 0 atom stereocenters. The molecular weight excluding hydrogens is 262 g/mol. The van der Waals surface area contributed by atoms with E-state index in [9.17, 15) is 4.79 Å². The zero-order valence-corrected chi connectivity index (χ0v) is 13.8. The average molecular weight is 292 g/mol. The first-order valence-corrected chi connectivity index (χ1v) is 7.08. The highest BCUT2D eigenvalue weighted by molar-refractivity contribution is 5.85.